The molecule has 3 aromatic carbocycles. The van der Waals surface area contributed by atoms with Crippen molar-refractivity contribution in [3.05, 3.63) is 99.1 Å². The van der Waals surface area contributed by atoms with E-state index in [0.717, 1.165) is 0 Å². The van der Waals surface area contributed by atoms with Gasteiger partial charge in [0.05, 0.1) is 17.1 Å². The molecule has 1 amide bonds. The van der Waals surface area contributed by atoms with Gasteiger partial charge in [-0.05, 0) is 54.5 Å². The fraction of sp³-hybridized carbons (Fsp3) is 0.115. The van der Waals surface area contributed by atoms with Crippen LogP contribution in [0.1, 0.15) is 28.4 Å². The van der Waals surface area contributed by atoms with Gasteiger partial charge in [-0.1, -0.05) is 24.3 Å². The van der Waals surface area contributed by atoms with Gasteiger partial charge in [0, 0.05) is 17.8 Å². The van der Waals surface area contributed by atoms with E-state index in [-0.39, 0.29) is 29.1 Å². The first kappa shape index (κ1) is 25.5. The highest BCUT2D eigenvalue weighted by Crippen LogP contribution is 2.30. The zero-order chi connectivity index (χ0) is 26.1. The monoisotopic (exact) mass is 487 g/mol. The summed E-state index contributed by atoms with van der Waals surface area (Å²) >= 11 is 0. The summed E-state index contributed by atoms with van der Waals surface area (Å²) < 4.78 is 11.4. The molecule has 0 saturated heterocycles. The molecular weight excluding hydrogens is 466 g/mol. The smallest absolute Gasteiger partial charge is 0.335 e. The van der Waals surface area contributed by atoms with Gasteiger partial charge in [0.15, 0.2) is 11.5 Å². The van der Waals surface area contributed by atoms with E-state index in [9.17, 15) is 25.0 Å². The van der Waals surface area contributed by atoms with Gasteiger partial charge in [-0.15, -0.1) is 0 Å². The standard InChI is InChI=1S/C26H21N3O7/c1-2-35-24-13-17(9-10-23(24)36-16-18-5-3-8-22(12-18)29(33)34)11-20(15-27)25(30)28-21-7-4-6-19(14-21)26(31)32/h3-14H,2,16H2,1H3,(H,28,30)(H,31,32). The molecule has 0 saturated carbocycles. The number of amides is 1. The fourth-order valence-corrected chi connectivity index (χ4v) is 3.17. The lowest BCUT2D eigenvalue weighted by atomic mass is 10.1. The van der Waals surface area contributed by atoms with Crippen LogP contribution in [-0.2, 0) is 11.4 Å². The number of nitro groups is 1. The number of carbonyl (C=O) groups is 2. The first-order valence-electron chi connectivity index (χ1n) is 10.7. The molecule has 0 fully saturated rings. The van der Waals surface area contributed by atoms with E-state index < -0.39 is 16.8 Å². The van der Waals surface area contributed by atoms with E-state index in [1.165, 1.54) is 42.5 Å². The zero-order valence-electron chi connectivity index (χ0n) is 19.1. The molecule has 0 radical (unpaired) electrons. The first-order chi connectivity index (χ1) is 17.3. The van der Waals surface area contributed by atoms with Crippen LogP contribution in [0.3, 0.4) is 0 Å². The second kappa shape index (κ2) is 11.8. The minimum Gasteiger partial charge on any atom is -0.490 e. The number of anilines is 1. The number of nitro benzene ring substituents is 1. The third-order valence-electron chi connectivity index (χ3n) is 4.83. The number of rotatable bonds is 10. The van der Waals surface area contributed by atoms with Crippen LogP contribution in [0.5, 0.6) is 11.5 Å². The van der Waals surface area contributed by atoms with Crippen LogP contribution in [0.2, 0.25) is 0 Å². The Morgan fingerprint density at radius 3 is 2.56 bits per heavy atom. The summed E-state index contributed by atoms with van der Waals surface area (Å²) in [5, 5.41) is 32.1. The molecule has 0 atom stereocenters. The normalized spacial score (nSPS) is 10.7. The molecule has 0 heterocycles. The summed E-state index contributed by atoms with van der Waals surface area (Å²) in [4.78, 5) is 34.2. The molecular formula is C26H21N3O7. The van der Waals surface area contributed by atoms with Gasteiger partial charge in [0.2, 0.25) is 0 Å². The number of aromatic carboxylic acids is 1. The number of ether oxygens (including phenoxy) is 2. The molecule has 182 valence electrons. The molecule has 0 bridgehead atoms. The summed E-state index contributed by atoms with van der Waals surface area (Å²) in [5.41, 5.74) is 1.08. The highest BCUT2D eigenvalue weighted by atomic mass is 16.6. The summed E-state index contributed by atoms with van der Waals surface area (Å²) in [5.74, 6) is -1.10. The molecule has 10 nitrogen and oxygen atoms in total. The number of benzene rings is 3. The second-order valence-electron chi connectivity index (χ2n) is 7.36. The summed E-state index contributed by atoms with van der Waals surface area (Å²) in [6, 6.07) is 18.4. The van der Waals surface area contributed by atoms with Gasteiger partial charge in [0.1, 0.15) is 18.2 Å². The minimum atomic E-state index is -1.14. The summed E-state index contributed by atoms with van der Waals surface area (Å²) in [6.07, 6.45) is 1.36. The number of carbonyl (C=O) groups excluding carboxylic acids is 1. The number of hydrogen-bond donors (Lipinski definition) is 2. The molecule has 36 heavy (non-hydrogen) atoms. The quantitative estimate of drug-likeness (QED) is 0.179. The maximum atomic E-state index is 12.6. The Morgan fingerprint density at radius 1 is 1.08 bits per heavy atom. The SMILES string of the molecule is CCOc1cc(C=C(C#N)C(=O)Nc2cccc(C(=O)O)c2)ccc1OCc1cccc([N+](=O)[O-])c1. The van der Waals surface area contributed by atoms with Gasteiger partial charge in [-0.3, -0.25) is 14.9 Å². The Labute approximate surface area is 206 Å². The van der Waals surface area contributed by atoms with Crippen molar-refractivity contribution in [1.29, 1.82) is 5.26 Å². The van der Waals surface area contributed by atoms with Crippen molar-refractivity contribution in [2.45, 2.75) is 13.5 Å². The van der Waals surface area contributed by atoms with E-state index in [4.69, 9.17) is 14.6 Å². The lowest BCUT2D eigenvalue weighted by Crippen LogP contribution is -2.14. The molecule has 3 rings (SSSR count). The van der Waals surface area contributed by atoms with Crippen molar-refractivity contribution >= 4 is 29.3 Å². The maximum absolute atomic E-state index is 12.6. The van der Waals surface area contributed by atoms with Crippen molar-refractivity contribution in [2.24, 2.45) is 0 Å². The van der Waals surface area contributed by atoms with Crippen molar-refractivity contribution in [1.82, 2.24) is 0 Å². The van der Waals surface area contributed by atoms with E-state index in [2.05, 4.69) is 5.32 Å². The predicted octanol–water partition coefficient (Wildman–Crippen LogP) is 4.82. The largest absolute Gasteiger partial charge is 0.490 e. The second-order valence-corrected chi connectivity index (χ2v) is 7.36. The molecule has 3 aromatic rings. The Hall–Kier alpha value is -5.17. The van der Waals surface area contributed by atoms with Gasteiger partial charge in [-0.25, -0.2) is 4.79 Å². The van der Waals surface area contributed by atoms with Crippen molar-refractivity contribution in [3.63, 3.8) is 0 Å². The number of nitrogens with zero attached hydrogens (tertiary/aromatic N) is 2. The van der Waals surface area contributed by atoms with Crippen LogP contribution in [0.25, 0.3) is 6.08 Å². The van der Waals surface area contributed by atoms with Gasteiger partial charge >= 0.3 is 5.97 Å². The Kier molecular flexibility index (Phi) is 8.35. The predicted molar refractivity (Wildman–Crippen MR) is 131 cm³/mol. The van der Waals surface area contributed by atoms with Crippen LogP contribution in [0.4, 0.5) is 11.4 Å². The van der Waals surface area contributed by atoms with Gasteiger partial charge in [0.25, 0.3) is 11.6 Å². The maximum Gasteiger partial charge on any atom is 0.335 e. The lowest BCUT2D eigenvalue weighted by molar-refractivity contribution is -0.384. The minimum absolute atomic E-state index is 0.00246. The molecule has 0 aromatic heterocycles. The average molecular weight is 487 g/mol. The van der Waals surface area contributed by atoms with Crippen molar-refractivity contribution in [2.75, 3.05) is 11.9 Å². The summed E-state index contributed by atoms with van der Waals surface area (Å²) in [7, 11) is 0. The molecule has 0 aliphatic heterocycles. The van der Waals surface area contributed by atoms with Crippen LogP contribution in [0, 0.1) is 21.4 Å². The molecule has 2 N–H and O–H groups in total. The molecule has 0 unspecified atom stereocenters. The van der Waals surface area contributed by atoms with Crippen LogP contribution < -0.4 is 14.8 Å². The van der Waals surface area contributed by atoms with E-state index in [1.54, 1.807) is 37.3 Å². The number of carboxylic acid groups (broad SMARTS) is 1. The van der Waals surface area contributed by atoms with Crippen LogP contribution in [0.15, 0.2) is 72.3 Å². The van der Waals surface area contributed by atoms with Crippen molar-refractivity contribution in [3.8, 4) is 17.6 Å². The number of carboxylic acids is 1. The Morgan fingerprint density at radius 2 is 1.86 bits per heavy atom. The highest BCUT2D eigenvalue weighted by Gasteiger charge is 2.13. The topological polar surface area (TPSA) is 152 Å². The van der Waals surface area contributed by atoms with Crippen LogP contribution in [-0.4, -0.2) is 28.5 Å². The third-order valence-corrected chi connectivity index (χ3v) is 4.83. The molecule has 0 aliphatic rings. The fourth-order valence-electron chi connectivity index (χ4n) is 3.17. The van der Waals surface area contributed by atoms with E-state index in [0.29, 0.717) is 29.2 Å². The Balaban J connectivity index is 1.79. The zero-order valence-corrected chi connectivity index (χ0v) is 19.1. The average Bonchev–Trinajstić information content (AvgIpc) is 2.87. The van der Waals surface area contributed by atoms with Crippen molar-refractivity contribution < 1.29 is 29.1 Å². The number of nitriles is 1. The molecule has 0 spiro atoms. The number of hydrogen-bond acceptors (Lipinski definition) is 7. The number of non-ortho nitro benzene ring substituents is 1. The lowest BCUT2D eigenvalue weighted by Gasteiger charge is -2.13. The van der Waals surface area contributed by atoms with Crippen LogP contribution >= 0.6 is 0 Å². The number of nitrogens with one attached hydrogen (secondary N) is 1. The van der Waals surface area contributed by atoms with E-state index in [1.807, 2.05) is 6.07 Å². The van der Waals surface area contributed by atoms with Gasteiger partial charge < -0.3 is 19.9 Å². The van der Waals surface area contributed by atoms with Gasteiger partial charge in [-0.2, -0.15) is 5.26 Å². The first-order valence-corrected chi connectivity index (χ1v) is 10.7. The molecule has 10 heteroatoms. The third kappa shape index (κ3) is 6.68. The highest BCUT2D eigenvalue weighted by molar-refractivity contribution is 6.10. The molecule has 0 aliphatic carbocycles. The Bertz CT molecular complexity index is 1380. The van der Waals surface area contributed by atoms with E-state index >= 15 is 0 Å². The summed E-state index contributed by atoms with van der Waals surface area (Å²) in [6.45, 7) is 2.18.